The first-order chi connectivity index (χ1) is 11.8. The van der Waals surface area contributed by atoms with Gasteiger partial charge in [-0.15, -0.1) is 0 Å². The second-order valence-electron chi connectivity index (χ2n) is 6.92. The van der Waals surface area contributed by atoms with E-state index in [9.17, 15) is 4.79 Å². The molecule has 1 aromatic carbocycles. The molecule has 1 atom stereocenters. The van der Waals surface area contributed by atoms with Crippen molar-refractivity contribution in [3.63, 3.8) is 0 Å². The lowest BCUT2D eigenvalue weighted by Crippen LogP contribution is -2.44. The van der Waals surface area contributed by atoms with E-state index in [0.717, 1.165) is 25.3 Å². The van der Waals surface area contributed by atoms with Crippen LogP contribution in [0.15, 0.2) is 42.7 Å². The summed E-state index contributed by atoms with van der Waals surface area (Å²) < 4.78 is 1.89. The van der Waals surface area contributed by atoms with E-state index in [1.165, 1.54) is 31.2 Å². The van der Waals surface area contributed by atoms with Crippen LogP contribution in [-0.4, -0.2) is 39.7 Å². The SMILES string of the molecule is O=C(Nc1ccc(Cn2cccn2)cc1)C(C1CC1)N1CCCC1. The minimum atomic E-state index is 0.0660. The van der Waals surface area contributed by atoms with Gasteiger partial charge in [0.15, 0.2) is 0 Å². The predicted octanol–water partition coefficient (Wildman–Crippen LogP) is 2.74. The van der Waals surface area contributed by atoms with Gasteiger partial charge in [0.2, 0.25) is 5.91 Å². The van der Waals surface area contributed by atoms with Crippen LogP contribution in [0.5, 0.6) is 0 Å². The van der Waals surface area contributed by atoms with Crippen molar-refractivity contribution in [2.75, 3.05) is 18.4 Å². The van der Waals surface area contributed by atoms with Gasteiger partial charge in [0, 0.05) is 18.1 Å². The number of amides is 1. The molecular weight excluding hydrogens is 300 g/mol. The van der Waals surface area contributed by atoms with Crippen molar-refractivity contribution in [1.82, 2.24) is 14.7 Å². The van der Waals surface area contributed by atoms with Crippen molar-refractivity contribution in [2.45, 2.75) is 38.3 Å². The number of hydrogen-bond acceptors (Lipinski definition) is 3. The molecular formula is C19H24N4O. The molecule has 1 aliphatic heterocycles. The quantitative estimate of drug-likeness (QED) is 0.889. The highest BCUT2D eigenvalue weighted by Gasteiger charge is 2.40. The minimum Gasteiger partial charge on any atom is -0.325 e. The number of nitrogens with zero attached hydrogens (tertiary/aromatic N) is 3. The summed E-state index contributed by atoms with van der Waals surface area (Å²) in [5.74, 6) is 0.724. The maximum Gasteiger partial charge on any atom is 0.242 e. The second-order valence-corrected chi connectivity index (χ2v) is 6.92. The third-order valence-electron chi connectivity index (χ3n) is 5.00. The summed E-state index contributed by atoms with van der Waals surface area (Å²) in [6, 6.07) is 10.1. The van der Waals surface area contributed by atoms with Crippen LogP contribution < -0.4 is 5.32 Å². The molecule has 1 N–H and O–H groups in total. The molecule has 4 rings (SSSR count). The van der Waals surface area contributed by atoms with Gasteiger partial charge >= 0.3 is 0 Å². The first-order valence-corrected chi connectivity index (χ1v) is 8.91. The molecule has 2 aliphatic rings. The number of anilines is 1. The molecule has 0 radical (unpaired) electrons. The molecule has 5 nitrogen and oxygen atoms in total. The van der Waals surface area contributed by atoms with Gasteiger partial charge in [0.1, 0.15) is 0 Å². The normalized spacial score (nSPS) is 19.3. The average Bonchev–Trinajstić information content (AvgIpc) is 3.05. The Hall–Kier alpha value is -2.14. The summed E-state index contributed by atoms with van der Waals surface area (Å²) >= 11 is 0. The molecule has 2 aromatic rings. The smallest absolute Gasteiger partial charge is 0.242 e. The van der Waals surface area contributed by atoms with Crippen molar-refractivity contribution < 1.29 is 4.79 Å². The summed E-state index contributed by atoms with van der Waals surface area (Å²) in [4.78, 5) is 15.1. The first kappa shape index (κ1) is 15.4. The standard InChI is InChI=1S/C19H24N4O/c24-19(18(16-6-7-16)22-11-1-2-12-22)21-17-8-4-15(5-9-17)14-23-13-3-10-20-23/h3-5,8-10,13,16,18H,1-2,6-7,11-12,14H2,(H,21,24). The van der Waals surface area contributed by atoms with Gasteiger partial charge in [-0.3, -0.25) is 14.4 Å². The lowest BCUT2D eigenvalue weighted by atomic mass is 10.1. The number of carbonyl (C=O) groups is 1. The van der Waals surface area contributed by atoms with Crippen LogP contribution in [0.3, 0.4) is 0 Å². The second kappa shape index (κ2) is 6.77. The minimum absolute atomic E-state index is 0.0660. The van der Waals surface area contributed by atoms with Gasteiger partial charge < -0.3 is 5.32 Å². The topological polar surface area (TPSA) is 50.2 Å². The molecule has 1 saturated carbocycles. The van der Waals surface area contributed by atoms with Crippen molar-refractivity contribution in [3.8, 4) is 0 Å². The zero-order valence-electron chi connectivity index (χ0n) is 13.9. The maximum atomic E-state index is 12.8. The monoisotopic (exact) mass is 324 g/mol. The van der Waals surface area contributed by atoms with Crippen LogP contribution >= 0.6 is 0 Å². The number of rotatable bonds is 6. The summed E-state index contributed by atoms with van der Waals surface area (Å²) in [5.41, 5.74) is 2.06. The first-order valence-electron chi connectivity index (χ1n) is 8.91. The van der Waals surface area contributed by atoms with Crippen LogP contribution in [0.4, 0.5) is 5.69 Å². The van der Waals surface area contributed by atoms with Crippen LogP contribution in [0, 0.1) is 5.92 Å². The van der Waals surface area contributed by atoms with E-state index in [4.69, 9.17) is 0 Å². The number of hydrogen-bond donors (Lipinski definition) is 1. The fourth-order valence-corrected chi connectivity index (χ4v) is 3.60. The van der Waals surface area contributed by atoms with Gasteiger partial charge in [0.25, 0.3) is 0 Å². The van der Waals surface area contributed by atoms with Crippen molar-refractivity contribution in [2.24, 2.45) is 5.92 Å². The third-order valence-corrected chi connectivity index (χ3v) is 5.00. The largest absolute Gasteiger partial charge is 0.325 e. The molecule has 1 aliphatic carbocycles. The van der Waals surface area contributed by atoms with Gasteiger partial charge in [0.05, 0.1) is 12.6 Å². The van der Waals surface area contributed by atoms with Crippen molar-refractivity contribution in [3.05, 3.63) is 48.3 Å². The Morgan fingerprint density at radius 2 is 1.96 bits per heavy atom. The Labute approximate surface area is 142 Å². The van der Waals surface area contributed by atoms with Crippen molar-refractivity contribution in [1.29, 1.82) is 0 Å². The maximum absolute atomic E-state index is 12.8. The predicted molar refractivity (Wildman–Crippen MR) is 93.7 cm³/mol. The van der Waals surface area contributed by atoms with Crippen molar-refractivity contribution >= 4 is 11.6 Å². The molecule has 1 aromatic heterocycles. The fraction of sp³-hybridized carbons (Fsp3) is 0.474. The molecule has 1 saturated heterocycles. The fourth-order valence-electron chi connectivity index (χ4n) is 3.60. The molecule has 1 unspecified atom stereocenters. The molecule has 2 heterocycles. The molecule has 24 heavy (non-hydrogen) atoms. The molecule has 126 valence electrons. The van der Waals surface area contributed by atoms with E-state index in [1.54, 1.807) is 6.20 Å². The molecule has 0 bridgehead atoms. The highest BCUT2D eigenvalue weighted by molar-refractivity contribution is 5.95. The molecule has 2 fully saturated rings. The molecule has 0 spiro atoms. The van der Waals surface area contributed by atoms with Gasteiger partial charge in [-0.1, -0.05) is 12.1 Å². The van der Waals surface area contributed by atoms with Gasteiger partial charge in [-0.2, -0.15) is 5.10 Å². The Morgan fingerprint density at radius 1 is 1.21 bits per heavy atom. The zero-order valence-corrected chi connectivity index (χ0v) is 13.9. The van der Waals surface area contributed by atoms with Gasteiger partial charge in [-0.05, 0) is 68.5 Å². The van der Waals surface area contributed by atoms with E-state index >= 15 is 0 Å². The highest BCUT2D eigenvalue weighted by Crippen LogP contribution is 2.37. The van der Waals surface area contributed by atoms with E-state index in [1.807, 2.05) is 29.1 Å². The molecule has 1 amide bonds. The summed E-state index contributed by atoms with van der Waals surface area (Å²) in [5, 5.41) is 7.34. The Balaban J connectivity index is 1.39. The van der Waals surface area contributed by atoms with E-state index in [2.05, 4.69) is 27.4 Å². The third kappa shape index (κ3) is 3.51. The number of benzene rings is 1. The number of likely N-dealkylation sites (tertiary alicyclic amines) is 1. The lowest BCUT2D eigenvalue weighted by molar-refractivity contribution is -0.121. The van der Waals surface area contributed by atoms with E-state index in [-0.39, 0.29) is 11.9 Å². The number of nitrogens with one attached hydrogen (secondary N) is 1. The average molecular weight is 324 g/mol. The highest BCUT2D eigenvalue weighted by atomic mass is 16.2. The van der Waals surface area contributed by atoms with Gasteiger partial charge in [-0.25, -0.2) is 0 Å². The van der Waals surface area contributed by atoms with E-state index in [0.29, 0.717) is 5.92 Å². The van der Waals surface area contributed by atoms with Crippen LogP contribution in [0.2, 0.25) is 0 Å². The number of carbonyl (C=O) groups excluding carboxylic acids is 1. The summed E-state index contributed by atoms with van der Waals surface area (Å²) in [6.45, 7) is 2.88. The Morgan fingerprint density at radius 3 is 2.58 bits per heavy atom. The summed E-state index contributed by atoms with van der Waals surface area (Å²) in [7, 11) is 0. The van der Waals surface area contributed by atoms with E-state index < -0.39 is 0 Å². The Bertz CT molecular complexity index is 670. The zero-order chi connectivity index (χ0) is 16.4. The lowest BCUT2D eigenvalue weighted by Gasteiger charge is -2.26. The van der Waals surface area contributed by atoms with Crippen LogP contribution in [0.25, 0.3) is 0 Å². The summed E-state index contributed by atoms with van der Waals surface area (Å²) in [6.07, 6.45) is 8.56. The van der Waals surface area contributed by atoms with Crippen LogP contribution in [-0.2, 0) is 11.3 Å². The Kier molecular flexibility index (Phi) is 4.34. The van der Waals surface area contributed by atoms with Crippen LogP contribution in [0.1, 0.15) is 31.2 Å². The number of aromatic nitrogens is 2. The molecule has 5 heteroatoms.